The van der Waals surface area contributed by atoms with Crippen LogP contribution in [0, 0.1) is 6.92 Å². The summed E-state index contributed by atoms with van der Waals surface area (Å²) >= 11 is 6.50. The second-order valence-electron chi connectivity index (χ2n) is 6.61. The van der Waals surface area contributed by atoms with E-state index in [1.807, 2.05) is 25.3 Å². The van der Waals surface area contributed by atoms with Crippen LogP contribution in [0.5, 0.6) is 5.75 Å². The lowest BCUT2D eigenvalue weighted by Crippen LogP contribution is -2.38. The quantitative estimate of drug-likeness (QED) is 0.723. The third kappa shape index (κ3) is 2.96. The van der Waals surface area contributed by atoms with E-state index >= 15 is 0 Å². The second-order valence-corrected chi connectivity index (χ2v) is 7.02. The van der Waals surface area contributed by atoms with Crippen LogP contribution in [0.3, 0.4) is 0 Å². The van der Waals surface area contributed by atoms with Gasteiger partial charge in [-0.3, -0.25) is 5.73 Å². The molecule has 1 unspecified atom stereocenters. The number of methoxy groups -OCH3 is 2. The molecule has 3 aromatic rings. The Bertz CT molecular complexity index is 1020. The van der Waals surface area contributed by atoms with Gasteiger partial charge in [0.15, 0.2) is 11.4 Å². The maximum absolute atomic E-state index is 6.50. The molecule has 1 aliphatic heterocycles. The Morgan fingerprint density at radius 2 is 2.19 bits per heavy atom. The molecule has 0 saturated carbocycles. The third-order valence-electron chi connectivity index (χ3n) is 4.87. The highest BCUT2D eigenvalue weighted by Crippen LogP contribution is 2.38. The predicted molar refractivity (Wildman–Crippen MR) is 102 cm³/mol. The van der Waals surface area contributed by atoms with Crippen LogP contribution >= 0.6 is 11.6 Å². The van der Waals surface area contributed by atoms with Gasteiger partial charge in [0.2, 0.25) is 0 Å². The van der Waals surface area contributed by atoms with Gasteiger partial charge in [0.1, 0.15) is 5.75 Å². The van der Waals surface area contributed by atoms with Crippen molar-refractivity contribution in [1.82, 2.24) is 14.6 Å². The molecule has 0 radical (unpaired) electrons. The number of hydrogen-bond acceptors (Lipinski definition) is 6. The molecule has 0 amide bonds. The Morgan fingerprint density at radius 3 is 2.89 bits per heavy atom. The summed E-state index contributed by atoms with van der Waals surface area (Å²) in [5, 5.41) is 5.18. The molecule has 0 fully saturated rings. The largest absolute Gasteiger partial charge is 0.497 e. The van der Waals surface area contributed by atoms with Crippen molar-refractivity contribution in [2.45, 2.75) is 25.7 Å². The van der Waals surface area contributed by atoms with E-state index in [-0.39, 0.29) is 0 Å². The van der Waals surface area contributed by atoms with Crippen LogP contribution in [0.15, 0.2) is 24.4 Å². The minimum atomic E-state index is -0.966. The molecule has 2 aromatic heterocycles. The van der Waals surface area contributed by atoms with E-state index in [0.717, 1.165) is 28.1 Å². The maximum atomic E-state index is 6.50. The van der Waals surface area contributed by atoms with Gasteiger partial charge in [0.05, 0.1) is 42.3 Å². The first-order valence-electron chi connectivity index (χ1n) is 8.62. The van der Waals surface area contributed by atoms with Gasteiger partial charge in [-0.05, 0) is 25.1 Å². The number of nitrogens with two attached hydrogens (primary N) is 1. The van der Waals surface area contributed by atoms with Gasteiger partial charge in [-0.15, -0.1) is 0 Å². The highest BCUT2D eigenvalue weighted by atomic mass is 35.5. The summed E-state index contributed by atoms with van der Waals surface area (Å²) in [6.07, 6.45) is 2.44. The van der Waals surface area contributed by atoms with Crippen LogP contribution in [-0.2, 0) is 21.8 Å². The molecule has 4 rings (SSSR count). The monoisotopic (exact) mass is 388 g/mol. The van der Waals surface area contributed by atoms with E-state index in [2.05, 4.69) is 5.10 Å². The zero-order valence-corrected chi connectivity index (χ0v) is 16.2. The van der Waals surface area contributed by atoms with Crippen molar-refractivity contribution in [3.8, 4) is 16.9 Å². The maximum Gasteiger partial charge on any atom is 0.163 e. The number of ether oxygens (including phenoxy) is 3. The summed E-state index contributed by atoms with van der Waals surface area (Å²) in [6, 6.07) is 5.56. The second kappa shape index (κ2) is 6.76. The molecule has 0 aliphatic carbocycles. The molecule has 27 heavy (non-hydrogen) atoms. The molecule has 0 saturated heterocycles. The number of aryl methyl sites for hydroxylation is 1. The average molecular weight is 389 g/mol. The summed E-state index contributed by atoms with van der Waals surface area (Å²) < 4.78 is 18.0. The van der Waals surface area contributed by atoms with E-state index in [1.165, 1.54) is 0 Å². The lowest BCUT2D eigenvalue weighted by atomic mass is 10.0. The van der Waals surface area contributed by atoms with Crippen LogP contribution in [0.4, 0.5) is 0 Å². The number of nitrogens with zero attached hydrogens (tertiary/aromatic N) is 3. The van der Waals surface area contributed by atoms with Crippen LogP contribution < -0.4 is 10.5 Å². The molecular weight excluding hydrogens is 368 g/mol. The topological polar surface area (TPSA) is 83.9 Å². The van der Waals surface area contributed by atoms with E-state index in [1.54, 1.807) is 24.8 Å². The fourth-order valence-corrected chi connectivity index (χ4v) is 3.72. The summed E-state index contributed by atoms with van der Waals surface area (Å²) in [5.41, 5.74) is 10.4. The summed E-state index contributed by atoms with van der Waals surface area (Å²) in [4.78, 5) is 4.85. The highest BCUT2D eigenvalue weighted by molar-refractivity contribution is 6.33. The lowest BCUT2D eigenvalue weighted by molar-refractivity contribution is -0.0544. The van der Waals surface area contributed by atoms with Crippen molar-refractivity contribution < 1.29 is 14.2 Å². The van der Waals surface area contributed by atoms with E-state index in [4.69, 9.17) is 36.5 Å². The number of fused-ring (bicyclic) bond motifs is 2. The number of aromatic nitrogens is 3. The first kappa shape index (κ1) is 18.2. The summed E-state index contributed by atoms with van der Waals surface area (Å²) in [7, 11) is 3.25. The zero-order chi connectivity index (χ0) is 19.2. The Morgan fingerprint density at radius 1 is 1.37 bits per heavy atom. The molecule has 3 heterocycles. The van der Waals surface area contributed by atoms with Gasteiger partial charge in [0, 0.05) is 30.9 Å². The molecule has 142 valence electrons. The fourth-order valence-electron chi connectivity index (χ4n) is 3.45. The van der Waals surface area contributed by atoms with Gasteiger partial charge < -0.3 is 14.2 Å². The highest BCUT2D eigenvalue weighted by Gasteiger charge is 2.39. The SMILES string of the molecule is COCCC1(N)OCc2cn3nc(C)c(-c4ccc(OC)cc4Cl)c3nc21. The molecule has 8 heteroatoms. The first-order valence-corrected chi connectivity index (χ1v) is 8.99. The predicted octanol–water partition coefficient (Wildman–Crippen LogP) is 3.04. The molecule has 1 aromatic carbocycles. The van der Waals surface area contributed by atoms with Crippen molar-refractivity contribution in [2.75, 3.05) is 20.8 Å². The van der Waals surface area contributed by atoms with Crippen molar-refractivity contribution in [2.24, 2.45) is 5.73 Å². The minimum absolute atomic E-state index is 0.399. The zero-order valence-electron chi connectivity index (χ0n) is 15.5. The van der Waals surface area contributed by atoms with Gasteiger partial charge in [-0.2, -0.15) is 5.10 Å². The molecule has 1 atom stereocenters. The molecule has 0 spiro atoms. The Labute approximate surface area is 162 Å². The lowest BCUT2D eigenvalue weighted by Gasteiger charge is -2.23. The van der Waals surface area contributed by atoms with E-state index < -0.39 is 5.72 Å². The van der Waals surface area contributed by atoms with Crippen LogP contribution in [0.25, 0.3) is 16.8 Å². The average Bonchev–Trinajstić information content (AvgIpc) is 3.15. The number of benzene rings is 1. The minimum Gasteiger partial charge on any atom is -0.497 e. The molecule has 1 aliphatic rings. The Kier molecular flexibility index (Phi) is 4.55. The summed E-state index contributed by atoms with van der Waals surface area (Å²) in [5.74, 6) is 0.695. The smallest absolute Gasteiger partial charge is 0.163 e. The molecular formula is C19H21ClN4O3. The Balaban J connectivity index is 1.88. The van der Waals surface area contributed by atoms with Crippen molar-refractivity contribution in [3.63, 3.8) is 0 Å². The fraction of sp³-hybridized carbons (Fsp3) is 0.368. The first-order chi connectivity index (χ1) is 13.0. The van der Waals surface area contributed by atoms with E-state index in [0.29, 0.717) is 36.1 Å². The molecule has 0 bridgehead atoms. The van der Waals surface area contributed by atoms with Crippen LogP contribution in [0.1, 0.15) is 23.4 Å². The van der Waals surface area contributed by atoms with Crippen LogP contribution in [0.2, 0.25) is 5.02 Å². The van der Waals surface area contributed by atoms with Crippen LogP contribution in [-0.4, -0.2) is 35.4 Å². The van der Waals surface area contributed by atoms with Gasteiger partial charge >= 0.3 is 0 Å². The summed E-state index contributed by atoms with van der Waals surface area (Å²) in [6.45, 7) is 2.82. The van der Waals surface area contributed by atoms with Crippen molar-refractivity contribution in [3.05, 3.63) is 46.4 Å². The molecule has 7 nitrogen and oxygen atoms in total. The normalized spacial score (nSPS) is 18.9. The molecule has 2 N–H and O–H groups in total. The van der Waals surface area contributed by atoms with Gasteiger partial charge in [-0.1, -0.05) is 11.6 Å². The number of rotatable bonds is 5. The van der Waals surface area contributed by atoms with Crippen molar-refractivity contribution in [1.29, 1.82) is 0 Å². The van der Waals surface area contributed by atoms with Gasteiger partial charge in [-0.25, -0.2) is 9.50 Å². The van der Waals surface area contributed by atoms with E-state index in [9.17, 15) is 0 Å². The van der Waals surface area contributed by atoms with Crippen molar-refractivity contribution >= 4 is 17.2 Å². The number of hydrogen-bond donors (Lipinski definition) is 1. The third-order valence-corrected chi connectivity index (χ3v) is 5.18. The standard InChI is InChI=1S/C19H21ClN4O3/c1-11-16(14-5-4-13(26-3)8-15(14)20)18-22-17-12(9-24(18)23-11)10-27-19(17,21)6-7-25-2/h4-5,8-9H,6-7,10,21H2,1-3H3. The van der Waals surface area contributed by atoms with Gasteiger partial charge in [0.25, 0.3) is 0 Å². The Hall–Kier alpha value is -2.19. The number of halogens is 1.